The summed E-state index contributed by atoms with van der Waals surface area (Å²) in [4.78, 5) is 12.8. The molecule has 35 heavy (non-hydrogen) atoms. The van der Waals surface area contributed by atoms with E-state index in [2.05, 4.69) is 5.32 Å². The first-order chi connectivity index (χ1) is 16.8. The Morgan fingerprint density at radius 3 is 2.31 bits per heavy atom. The third kappa shape index (κ3) is 7.30. The molecule has 0 heterocycles. The number of ether oxygens (including phenoxy) is 2. The number of thioether (sulfide) groups is 1. The Balaban J connectivity index is 1.69. The summed E-state index contributed by atoms with van der Waals surface area (Å²) in [6, 6.07) is 20.3. The molecule has 0 aliphatic heterocycles. The number of amides is 1. The molecule has 3 aromatic carbocycles. The highest BCUT2D eigenvalue weighted by molar-refractivity contribution is 7.98. The minimum Gasteiger partial charge on any atom is -0.497 e. The lowest BCUT2D eigenvalue weighted by Gasteiger charge is -2.25. The monoisotopic (exact) mass is 534 g/mol. The van der Waals surface area contributed by atoms with Crippen LogP contribution in [0.25, 0.3) is 0 Å². The van der Waals surface area contributed by atoms with Crippen LogP contribution in [0.15, 0.2) is 77.7 Å². The fourth-order valence-electron chi connectivity index (χ4n) is 3.23. The number of rotatable bonds is 12. The highest BCUT2D eigenvalue weighted by Gasteiger charge is 2.29. The van der Waals surface area contributed by atoms with Gasteiger partial charge in [0.1, 0.15) is 18.0 Å². The Kier molecular flexibility index (Phi) is 9.71. The molecule has 7 nitrogen and oxygen atoms in total. The van der Waals surface area contributed by atoms with Crippen molar-refractivity contribution in [1.82, 2.24) is 5.32 Å². The maximum atomic E-state index is 13.5. The Morgan fingerprint density at radius 1 is 0.971 bits per heavy atom. The number of carbonyl (C=O) groups excluding carboxylic acids is 1. The molecule has 3 rings (SSSR count). The maximum Gasteiger partial charge on any atom is 0.264 e. The van der Waals surface area contributed by atoms with Crippen LogP contribution in [0.1, 0.15) is 5.56 Å². The Bertz CT molecular complexity index is 1220. The lowest BCUT2D eigenvalue weighted by molar-refractivity contribution is -0.119. The summed E-state index contributed by atoms with van der Waals surface area (Å²) in [5, 5.41) is 3.50. The topological polar surface area (TPSA) is 84.9 Å². The van der Waals surface area contributed by atoms with Gasteiger partial charge in [-0.15, -0.1) is 0 Å². The predicted molar refractivity (Wildman–Crippen MR) is 141 cm³/mol. The zero-order valence-corrected chi connectivity index (χ0v) is 21.8. The number of para-hydroxylation sites is 2. The number of carbonyl (C=O) groups is 1. The van der Waals surface area contributed by atoms with Gasteiger partial charge < -0.3 is 14.8 Å². The number of sulfonamides is 1. The minimum atomic E-state index is -4.06. The fraction of sp³-hybridized carbons (Fsp3) is 0.240. The van der Waals surface area contributed by atoms with Gasteiger partial charge in [-0.2, -0.15) is 11.8 Å². The summed E-state index contributed by atoms with van der Waals surface area (Å²) in [6.07, 6.45) is 0. The van der Waals surface area contributed by atoms with E-state index in [-0.39, 0.29) is 10.6 Å². The molecule has 0 aromatic heterocycles. The number of halogens is 1. The van der Waals surface area contributed by atoms with Crippen molar-refractivity contribution in [3.05, 3.63) is 83.4 Å². The summed E-state index contributed by atoms with van der Waals surface area (Å²) in [5.41, 5.74) is 1.41. The predicted octanol–water partition coefficient (Wildman–Crippen LogP) is 4.60. The van der Waals surface area contributed by atoms with Crippen LogP contribution in [-0.4, -0.2) is 47.4 Å². The first kappa shape index (κ1) is 26.7. The number of methoxy groups -OCH3 is 2. The number of hydrogen-bond donors (Lipinski definition) is 1. The Labute approximate surface area is 215 Å². The molecule has 1 N–H and O–H groups in total. The Hall–Kier alpha value is -2.88. The minimum absolute atomic E-state index is 0.0375. The highest BCUT2D eigenvalue weighted by atomic mass is 35.5. The maximum absolute atomic E-state index is 13.5. The average Bonchev–Trinajstić information content (AvgIpc) is 2.88. The zero-order chi connectivity index (χ0) is 25.3. The molecule has 0 unspecified atom stereocenters. The van der Waals surface area contributed by atoms with Gasteiger partial charge in [-0.3, -0.25) is 9.10 Å². The van der Waals surface area contributed by atoms with E-state index < -0.39 is 22.5 Å². The Morgan fingerprint density at radius 2 is 1.66 bits per heavy atom. The lowest BCUT2D eigenvalue weighted by atomic mass is 10.2. The SMILES string of the molecule is COc1ccc(S(=O)(=O)N(CC(=O)NCCSCc2ccc(Cl)cc2)c2ccccc2OC)cc1. The molecule has 10 heteroatoms. The first-order valence-electron chi connectivity index (χ1n) is 10.7. The number of nitrogens with one attached hydrogen (secondary N) is 1. The average molecular weight is 535 g/mol. The second kappa shape index (κ2) is 12.7. The highest BCUT2D eigenvalue weighted by Crippen LogP contribution is 2.32. The van der Waals surface area contributed by atoms with E-state index >= 15 is 0 Å². The molecule has 0 aliphatic carbocycles. The van der Waals surface area contributed by atoms with Gasteiger partial charge in [-0.25, -0.2) is 8.42 Å². The summed E-state index contributed by atoms with van der Waals surface area (Å²) >= 11 is 7.57. The standard InChI is InChI=1S/C25H27ClN2O5S2/c1-32-21-11-13-22(14-12-21)35(30,31)28(23-5-3-4-6-24(23)33-2)17-25(29)27-15-16-34-18-19-7-9-20(26)10-8-19/h3-14H,15-18H2,1-2H3,(H,27,29). The van der Waals surface area contributed by atoms with Gasteiger partial charge >= 0.3 is 0 Å². The molecule has 0 fully saturated rings. The van der Waals surface area contributed by atoms with Crippen LogP contribution in [0.3, 0.4) is 0 Å². The van der Waals surface area contributed by atoms with Crippen LogP contribution >= 0.6 is 23.4 Å². The second-order valence-electron chi connectivity index (χ2n) is 7.39. The summed E-state index contributed by atoms with van der Waals surface area (Å²) in [5.74, 6) is 1.91. The third-order valence-corrected chi connectivity index (χ3v) is 8.10. The van der Waals surface area contributed by atoms with E-state index in [0.29, 0.717) is 28.8 Å². The molecule has 0 saturated carbocycles. The van der Waals surface area contributed by atoms with Crippen molar-refractivity contribution < 1.29 is 22.7 Å². The van der Waals surface area contributed by atoms with Crippen molar-refractivity contribution in [1.29, 1.82) is 0 Å². The van der Waals surface area contributed by atoms with E-state index in [1.165, 1.54) is 26.4 Å². The number of benzene rings is 3. The molecule has 0 atom stereocenters. The molecule has 0 aliphatic rings. The van der Waals surface area contributed by atoms with Gasteiger partial charge in [-0.1, -0.05) is 35.9 Å². The largest absolute Gasteiger partial charge is 0.497 e. The van der Waals surface area contributed by atoms with E-state index in [0.717, 1.165) is 15.6 Å². The van der Waals surface area contributed by atoms with Gasteiger partial charge in [0.05, 0.1) is 24.8 Å². The second-order valence-corrected chi connectivity index (χ2v) is 10.8. The van der Waals surface area contributed by atoms with Crippen LogP contribution in [0.5, 0.6) is 11.5 Å². The smallest absolute Gasteiger partial charge is 0.264 e. The van der Waals surface area contributed by atoms with E-state index in [9.17, 15) is 13.2 Å². The number of anilines is 1. The molecular weight excluding hydrogens is 508 g/mol. The molecule has 0 saturated heterocycles. The van der Waals surface area contributed by atoms with Gasteiger partial charge in [0, 0.05) is 23.1 Å². The number of nitrogens with zero attached hydrogens (tertiary/aromatic N) is 1. The molecule has 0 radical (unpaired) electrons. The quantitative estimate of drug-likeness (QED) is 0.342. The van der Waals surface area contributed by atoms with E-state index in [4.69, 9.17) is 21.1 Å². The van der Waals surface area contributed by atoms with Crippen molar-refractivity contribution in [2.24, 2.45) is 0 Å². The van der Waals surface area contributed by atoms with Gasteiger partial charge in [0.15, 0.2) is 0 Å². The third-order valence-electron chi connectivity index (χ3n) is 5.04. The van der Waals surface area contributed by atoms with Crippen LogP contribution < -0.4 is 19.1 Å². The van der Waals surface area contributed by atoms with Crippen LogP contribution in [0, 0.1) is 0 Å². The summed E-state index contributed by atoms with van der Waals surface area (Å²) in [6.45, 7) is 0.00995. The normalized spacial score (nSPS) is 11.1. The molecule has 0 bridgehead atoms. The summed E-state index contributed by atoms with van der Waals surface area (Å²) in [7, 11) is -1.10. The molecule has 186 valence electrons. The van der Waals surface area contributed by atoms with Gasteiger partial charge in [0.25, 0.3) is 10.0 Å². The van der Waals surface area contributed by atoms with Gasteiger partial charge in [0.2, 0.25) is 5.91 Å². The van der Waals surface area contributed by atoms with Gasteiger partial charge in [-0.05, 0) is 54.1 Å². The molecular formula is C25H27ClN2O5S2. The van der Waals surface area contributed by atoms with Crippen LogP contribution in [0.4, 0.5) is 5.69 Å². The van der Waals surface area contributed by atoms with E-state index in [1.807, 2.05) is 24.3 Å². The van der Waals surface area contributed by atoms with Crippen molar-refractivity contribution in [3.63, 3.8) is 0 Å². The van der Waals surface area contributed by atoms with Crippen molar-refractivity contribution in [2.75, 3.05) is 37.4 Å². The van der Waals surface area contributed by atoms with Crippen LogP contribution in [-0.2, 0) is 20.6 Å². The molecule has 1 amide bonds. The number of hydrogen-bond acceptors (Lipinski definition) is 6. The van der Waals surface area contributed by atoms with Crippen molar-refractivity contribution in [2.45, 2.75) is 10.6 Å². The molecule has 3 aromatic rings. The van der Waals surface area contributed by atoms with E-state index in [1.54, 1.807) is 48.2 Å². The first-order valence-corrected chi connectivity index (χ1v) is 13.7. The van der Waals surface area contributed by atoms with Crippen LogP contribution in [0.2, 0.25) is 5.02 Å². The van der Waals surface area contributed by atoms with Crippen molar-refractivity contribution >= 4 is 45.0 Å². The van der Waals surface area contributed by atoms with Crippen molar-refractivity contribution in [3.8, 4) is 11.5 Å². The zero-order valence-electron chi connectivity index (χ0n) is 19.4. The fourth-order valence-corrected chi connectivity index (χ4v) is 5.61. The molecule has 0 spiro atoms. The summed E-state index contributed by atoms with van der Waals surface area (Å²) < 4.78 is 38.6. The lowest BCUT2D eigenvalue weighted by Crippen LogP contribution is -2.41.